The van der Waals surface area contributed by atoms with Gasteiger partial charge in [0.2, 0.25) is 5.91 Å². The van der Waals surface area contributed by atoms with Crippen molar-refractivity contribution in [1.29, 1.82) is 0 Å². The molecule has 0 aliphatic rings. The number of benzene rings is 2. The molecular weight excluding hydrogens is 400 g/mol. The summed E-state index contributed by atoms with van der Waals surface area (Å²) in [6.07, 6.45) is 0.976. The Morgan fingerprint density at radius 1 is 1.06 bits per heavy atom. The number of fused-ring (bicyclic) bond motifs is 1. The lowest BCUT2D eigenvalue weighted by Gasteiger charge is -2.12. The van der Waals surface area contributed by atoms with E-state index in [1.54, 1.807) is 7.11 Å². The number of amides is 1. The third kappa shape index (κ3) is 4.21. The van der Waals surface area contributed by atoms with Crippen molar-refractivity contribution in [1.82, 2.24) is 14.6 Å². The Morgan fingerprint density at radius 3 is 2.62 bits per heavy atom. The van der Waals surface area contributed by atoms with E-state index in [0.717, 1.165) is 56.4 Å². The molecule has 0 saturated carbocycles. The number of ether oxygens (including phenoxy) is 1. The molecule has 4 rings (SSSR count). The third-order valence-electron chi connectivity index (χ3n) is 5.82. The molecule has 1 amide bonds. The van der Waals surface area contributed by atoms with Crippen LogP contribution in [0.4, 0.5) is 5.69 Å². The van der Waals surface area contributed by atoms with Gasteiger partial charge in [-0.2, -0.15) is 5.10 Å². The maximum atomic E-state index is 12.6. The van der Waals surface area contributed by atoms with Gasteiger partial charge in [0.15, 0.2) is 5.65 Å². The number of methoxy groups -OCH3 is 1. The van der Waals surface area contributed by atoms with Crippen LogP contribution in [-0.2, 0) is 11.2 Å². The molecule has 6 nitrogen and oxygen atoms in total. The Morgan fingerprint density at radius 2 is 1.84 bits per heavy atom. The fourth-order valence-electron chi connectivity index (χ4n) is 4.00. The van der Waals surface area contributed by atoms with Crippen LogP contribution < -0.4 is 10.1 Å². The highest BCUT2D eigenvalue weighted by Gasteiger charge is 2.16. The second-order valence-corrected chi connectivity index (χ2v) is 8.13. The number of carbonyl (C=O) groups excluding carboxylic acids is 1. The van der Waals surface area contributed by atoms with Crippen molar-refractivity contribution in [3.05, 3.63) is 76.6 Å². The largest absolute Gasteiger partial charge is 0.496 e. The number of hydrogen-bond donors (Lipinski definition) is 1. The lowest BCUT2D eigenvalue weighted by atomic mass is 10.1. The van der Waals surface area contributed by atoms with Gasteiger partial charge in [0, 0.05) is 35.1 Å². The highest BCUT2D eigenvalue weighted by molar-refractivity contribution is 5.91. The zero-order valence-electron chi connectivity index (χ0n) is 19.2. The van der Waals surface area contributed by atoms with Gasteiger partial charge in [0.25, 0.3) is 0 Å². The minimum Gasteiger partial charge on any atom is -0.496 e. The average Bonchev–Trinajstić information content (AvgIpc) is 3.20. The molecule has 0 aliphatic carbocycles. The van der Waals surface area contributed by atoms with Crippen LogP contribution in [0, 0.1) is 27.7 Å². The summed E-state index contributed by atoms with van der Waals surface area (Å²) >= 11 is 0. The second-order valence-electron chi connectivity index (χ2n) is 8.13. The van der Waals surface area contributed by atoms with Crippen molar-refractivity contribution >= 4 is 17.2 Å². The van der Waals surface area contributed by atoms with Crippen LogP contribution in [0.25, 0.3) is 16.9 Å². The Balaban J connectivity index is 1.58. The van der Waals surface area contributed by atoms with Crippen LogP contribution in [0.2, 0.25) is 0 Å². The van der Waals surface area contributed by atoms with Crippen LogP contribution >= 0.6 is 0 Å². The molecule has 1 N–H and O–H groups in total. The highest BCUT2D eigenvalue weighted by atomic mass is 16.5. The number of anilines is 1. The Hall–Kier alpha value is -3.67. The summed E-state index contributed by atoms with van der Waals surface area (Å²) in [5, 5.41) is 7.82. The number of nitrogens with one attached hydrogen (secondary N) is 1. The molecular formula is C26H28N4O2. The summed E-state index contributed by atoms with van der Waals surface area (Å²) < 4.78 is 7.34. The summed E-state index contributed by atoms with van der Waals surface area (Å²) in [6, 6.07) is 15.8. The van der Waals surface area contributed by atoms with E-state index >= 15 is 0 Å². The second kappa shape index (κ2) is 8.83. The number of carbonyl (C=O) groups is 1. The van der Waals surface area contributed by atoms with E-state index in [-0.39, 0.29) is 5.91 Å². The average molecular weight is 429 g/mol. The highest BCUT2D eigenvalue weighted by Crippen LogP contribution is 2.30. The Kier molecular flexibility index (Phi) is 5.95. The number of nitrogens with zero attached hydrogens (tertiary/aromatic N) is 3. The fraction of sp³-hybridized carbons (Fsp3) is 0.269. The number of aromatic nitrogens is 3. The van der Waals surface area contributed by atoms with Crippen LogP contribution in [0.5, 0.6) is 5.75 Å². The molecule has 0 aliphatic heterocycles. The summed E-state index contributed by atoms with van der Waals surface area (Å²) in [5.74, 6) is 0.765. The van der Waals surface area contributed by atoms with E-state index < -0.39 is 0 Å². The molecule has 164 valence electrons. The quantitative estimate of drug-likeness (QED) is 0.458. The van der Waals surface area contributed by atoms with Gasteiger partial charge in [-0.1, -0.05) is 24.3 Å². The van der Waals surface area contributed by atoms with Crippen molar-refractivity contribution in [3.8, 4) is 17.0 Å². The summed E-state index contributed by atoms with van der Waals surface area (Å²) in [6.45, 7) is 8.03. The van der Waals surface area contributed by atoms with E-state index in [4.69, 9.17) is 14.8 Å². The summed E-state index contributed by atoms with van der Waals surface area (Å²) in [4.78, 5) is 17.4. The van der Waals surface area contributed by atoms with Crippen molar-refractivity contribution in [2.45, 2.75) is 40.5 Å². The Bertz CT molecular complexity index is 1310. The van der Waals surface area contributed by atoms with Crippen LogP contribution in [-0.4, -0.2) is 27.6 Å². The first-order chi connectivity index (χ1) is 15.4. The number of rotatable bonds is 6. The first-order valence-electron chi connectivity index (χ1n) is 10.7. The van der Waals surface area contributed by atoms with E-state index in [9.17, 15) is 4.79 Å². The predicted octanol–water partition coefficient (Wildman–Crippen LogP) is 5.21. The molecule has 0 atom stereocenters. The molecule has 32 heavy (non-hydrogen) atoms. The molecule has 4 aromatic rings. The first-order valence-corrected chi connectivity index (χ1v) is 10.7. The van der Waals surface area contributed by atoms with E-state index in [1.807, 2.05) is 80.7 Å². The van der Waals surface area contributed by atoms with Gasteiger partial charge in [-0.25, -0.2) is 9.50 Å². The molecule has 0 fully saturated rings. The van der Waals surface area contributed by atoms with Gasteiger partial charge in [-0.3, -0.25) is 4.79 Å². The number of para-hydroxylation sites is 1. The minimum atomic E-state index is -0.00669. The minimum absolute atomic E-state index is 0.00669. The van der Waals surface area contributed by atoms with Gasteiger partial charge in [0.1, 0.15) is 5.75 Å². The number of hydrogen-bond acceptors (Lipinski definition) is 4. The maximum absolute atomic E-state index is 12.6. The molecule has 2 aromatic carbocycles. The monoisotopic (exact) mass is 428 g/mol. The van der Waals surface area contributed by atoms with E-state index in [0.29, 0.717) is 12.8 Å². The van der Waals surface area contributed by atoms with Crippen LogP contribution in [0.3, 0.4) is 0 Å². The van der Waals surface area contributed by atoms with Crippen molar-refractivity contribution in [2.75, 3.05) is 12.4 Å². The molecule has 0 radical (unpaired) electrons. The van der Waals surface area contributed by atoms with E-state index in [1.165, 1.54) is 0 Å². The van der Waals surface area contributed by atoms with Gasteiger partial charge in [-0.05, 0) is 69.0 Å². The molecule has 6 heteroatoms. The predicted molar refractivity (Wildman–Crippen MR) is 127 cm³/mol. The smallest absolute Gasteiger partial charge is 0.224 e. The molecule has 2 aromatic heterocycles. The normalized spacial score (nSPS) is 11.0. The van der Waals surface area contributed by atoms with Crippen LogP contribution in [0.15, 0.2) is 48.5 Å². The zero-order chi connectivity index (χ0) is 22.8. The van der Waals surface area contributed by atoms with Gasteiger partial charge in [-0.15, -0.1) is 0 Å². The number of aryl methyl sites for hydroxylation is 4. The van der Waals surface area contributed by atoms with Gasteiger partial charge < -0.3 is 10.1 Å². The van der Waals surface area contributed by atoms with Gasteiger partial charge in [0.05, 0.1) is 12.8 Å². The van der Waals surface area contributed by atoms with Crippen LogP contribution in [0.1, 0.15) is 34.5 Å². The topological polar surface area (TPSA) is 68.5 Å². The zero-order valence-corrected chi connectivity index (χ0v) is 19.2. The lowest BCUT2D eigenvalue weighted by molar-refractivity contribution is -0.116. The standard InChI is InChI=1S/C26H28N4O2/c1-16-10-11-17(2)22(14-16)28-26(31)13-12-20-18(3)27-25-15-23(29-30(25)19(20)4)21-8-6-7-9-24(21)32-5/h6-11,14-15H,12-13H2,1-5H3,(H,28,31). The molecule has 0 saturated heterocycles. The lowest BCUT2D eigenvalue weighted by Crippen LogP contribution is -2.15. The molecule has 0 bridgehead atoms. The summed E-state index contributed by atoms with van der Waals surface area (Å²) in [5.41, 5.74) is 8.51. The van der Waals surface area contributed by atoms with E-state index in [2.05, 4.69) is 5.32 Å². The van der Waals surface area contributed by atoms with Crippen molar-refractivity contribution in [2.24, 2.45) is 0 Å². The molecule has 2 heterocycles. The molecule has 0 spiro atoms. The van der Waals surface area contributed by atoms with Gasteiger partial charge >= 0.3 is 0 Å². The molecule has 0 unspecified atom stereocenters. The summed E-state index contributed by atoms with van der Waals surface area (Å²) in [7, 11) is 1.66. The van der Waals surface area contributed by atoms with Crippen molar-refractivity contribution < 1.29 is 9.53 Å². The SMILES string of the molecule is COc1ccccc1-c1cc2nc(C)c(CCC(=O)Nc3cc(C)ccc3C)c(C)n2n1. The van der Waals surface area contributed by atoms with Crippen molar-refractivity contribution in [3.63, 3.8) is 0 Å². The maximum Gasteiger partial charge on any atom is 0.224 e. The third-order valence-corrected chi connectivity index (χ3v) is 5.82. The first kappa shape index (κ1) is 21.6. The Labute approximate surface area is 188 Å². The fourth-order valence-corrected chi connectivity index (χ4v) is 4.00.